The number of carbonyl (C=O) groups excluding carboxylic acids is 1. The van der Waals surface area contributed by atoms with Crippen molar-refractivity contribution in [2.24, 2.45) is 0 Å². The molecule has 1 aliphatic rings. The standard InChI is InChI=1S/C19H18N4O3S/c1-2-23-17(24)15-14(20-19(23)26)16(27-21-15)18(25)22-10-8-13(9-11-22)12-6-4-3-5-7-12/h3-8H,2,9-11H2,1H3,(H,20,26). The second kappa shape index (κ2) is 6.96. The molecule has 1 amide bonds. The van der Waals surface area contributed by atoms with Crippen LogP contribution >= 0.6 is 11.5 Å². The van der Waals surface area contributed by atoms with E-state index in [-0.39, 0.29) is 23.5 Å². The molecule has 3 aromatic rings. The summed E-state index contributed by atoms with van der Waals surface area (Å²) in [6.45, 7) is 3.03. The Kier molecular flexibility index (Phi) is 4.49. The summed E-state index contributed by atoms with van der Waals surface area (Å²) in [5, 5.41) is 0. The summed E-state index contributed by atoms with van der Waals surface area (Å²) < 4.78 is 5.20. The summed E-state index contributed by atoms with van der Waals surface area (Å²) in [6.07, 6.45) is 2.80. The molecule has 0 unspecified atom stereocenters. The average Bonchev–Trinajstić information content (AvgIpc) is 3.12. The van der Waals surface area contributed by atoms with Gasteiger partial charge < -0.3 is 9.88 Å². The highest BCUT2D eigenvalue weighted by atomic mass is 32.1. The highest BCUT2D eigenvalue weighted by Crippen LogP contribution is 2.25. The first-order valence-corrected chi connectivity index (χ1v) is 9.53. The topological polar surface area (TPSA) is 88.1 Å². The maximum atomic E-state index is 12.9. The lowest BCUT2D eigenvalue weighted by Crippen LogP contribution is -2.36. The van der Waals surface area contributed by atoms with Crippen molar-refractivity contribution >= 4 is 34.0 Å². The van der Waals surface area contributed by atoms with Crippen molar-refractivity contribution in [3.8, 4) is 0 Å². The third-order valence-electron chi connectivity index (χ3n) is 4.77. The molecule has 138 valence electrons. The van der Waals surface area contributed by atoms with Gasteiger partial charge in [0.15, 0.2) is 5.52 Å². The van der Waals surface area contributed by atoms with Crippen LogP contribution in [0.15, 0.2) is 46.0 Å². The van der Waals surface area contributed by atoms with E-state index in [1.807, 2.05) is 24.3 Å². The van der Waals surface area contributed by atoms with Gasteiger partial charge in [-0.15, -0.1) is 0 Å². The van der Waals surface area contributed by atoms with Crippen LogP contribution in [0.3, 0.4) is 0 Å². The van der Waals surface area contributed by atoms with E-state index in [4.69, 9.17) is 0 Å². The van der Waals surface area contributed by atoms with Gasteiger partial charge in [0.05, 0.1) is 5.52 Å². The molecule has 1 aromatic carbocycles. The fourth-order valence-corrected chi connectivity index (χ4v) is 4.09. The second-order valence-corrected chi connectivity index (χ2v) is 7.08. The minimum atomic E-state index is -0.519. The maximum Gasteiger partial charge on any atom is 0.328 e. The molecular weight excluding hydrogens is 364 g/mol. The quantitative estimate of drug-likeness (QED) is 0.751. The first-order valence-electron chi connectivity index (χ1n) is 8.76. The zero-order valence-electron chi connectivity index (χ0n) is 14.8. The first kappa shape index (κ1) is 17.4. The smallest absolute Gasteiger partial charge is 0.328 e. The fourth-order valence-electron chi connectivity index (χ4n) is 3.29. The molecule has 0 saturated carbocycles. The van der Waals surface area contributed by atoms with E-state index in [2.05, 4.69) is 21.5 Å². The number of carbonyl (C=O) groups is 1. The van der Waals surface area contributed by atoms with Crippen molar-refractivity contribution in [2.45, 2.75) is 19.9 Å². The first-order chi connectivity index (χ1) is 13.1. The van der Waals surface area contributed by atoms with Gasteiger partial charge in [-0.2, -0.15) is 4.37 Å². The van der Waals surface area contributed by atoms with E-state index in [9.17, 15) is 14.4 Å². The Morgan fingerprint density at radius 3 is 2.70 bits per heavy atom. The van der Waals surface area contributed by atoms with E-state index in [1.165, 1.54) is 5.57 Å². The van der Waals surface area contributed by atoms with Gasteiger partial charge in [-0.05, 0) is 36.0 Å². The van der Waals surface area contributed by atoms with Gasteiger partial charge in [0.1, 0.15) is 4.88 Å². The van der Waals surface area contributed by atoms with Crippen LogP contribution in [0.1, 0.15) is 28.6 Å². The summed E-state index contributed by atoms with van der Waals surface area (Å²) >= 11 is 0.958. The molecular formula is C19H18N4O3S. The highest BCUT2D eigenvalue weighted by molar-refractivity contribution is 7.09. The number of rotatable bonds is 3. The third kappa shape index (κ3) is 3.02. The molecule has 7 nitrogen and oxygen atoms in total. The molecule has 0 spiro atoms. The molecule has 0 atom stereocenters. The molecule has 27 heavy (non-hydrogen) atoms. The number of hydrogen-bond acceptors (Lipinski definition) is 5. The number of nitrogens with zero attached hydrogens (tertiary/aromatic N) is 3. The lowest BCUT2D eigenvalue weighted by Gasteiger charge is -2.26. The Hall–Kier alpha value is -3.00. The van der Waals surface area contributed by atoms with Crippen molar-refractivity contribution in [3.63, 3.8) is 0 Å². The van der Waals surface area contributed by atoms with Crippen molar-refractivity contribution < 1.29 is 4.79 Å². The summed E-state index contributed by atoms with van der Waals surface area (Å²) in [5.41, 5.74) is 1.78. The zero-order chi connectivity index (χ0) is 19.0. The van der Waals surface area contributed by atoms with E-state index in [1.54, 1.807) is 11.8 Å². The van der Waals surface area contributed by atoms with Crippen LogP contribution < -0.4 is 11.2 Å². The summed E-state index contributed by atoms with van der Waals surface area (Å²) in [6, 6.07) is 10.1. The molecule has 0 saturated heterocycles. The van der Waals surface area contributed by atoms with Crippen LogP contribution in [0.25, 0.3) is 16.6 Å². The molecule has 8 heteroatoms. The molecule has 1 N–H and O–H groups in total. The van der Waals surface area contributed by atoms with E-state index < -0.39 is 11.2 Å². The molecule has 4 rings (SSSR count). The second-order valence-electron chi connectivity index (χ2n) is 6.31. The number of fused-ring (bicyclic) bond motifs is 1. The largest absolute Gasteiger partial charge is 0.334 e. The average molecular weight is 382 g/mol. The molecule has 0 fully saturated rings. The van der Waals surface area contributed by atoms with E-state index >= 15 is 0 Å². The number of amides is 1. The predicted molar refractivity (Wildman–Crippen MR) is 105 cm³/mol. The summed E-state index contributed by atoms with van der Waals surface area (Å²) in [7, 11) is 0. The van der Waals surface area contributed by atoms with Crippen LogP contribution in [0.2, 0.25) is 0 Å². The Bertz CT molecular complexity index is 1160. The van der Waals surface area contributed by atoms with Crippen molar-refractivity contribution in [1.82, 2.24) is 18.8 Å². The molecule has 0 bridgehead atoms. The van der Waals surface area contributed by atoms with Crippen LogP contribution in [-0.4, -0.2) is 37.8 Å². The van der Waals surface area contributed by atoms with Gasteiger partial charge in [0.2, 0.25) is 0 Å². The number of H-pyrrole nitrogens is 1. The monoisotopic (exact) mass is 382 g/mol. The number of nitrogens with one attached hydrogen (secondary N) is 1. The lowest BCUT2D eigenvalue weighted by atomic mass is 9.99. The lowest BCUT2D eigenvalue weighted by molar-refractivity contribution is 0.0779. The number of benzene rings is 1. The number of aromatic nitrogens is 3. The fraction of sp³-hybridized carbons (Fsp3) is 0.263. The highest BCUT2D eigenvalue weighted by Gasteiger charge is 2.25. The van der Waals surface area contributed by atoms with Crippen molar-refractivity contribution in [1.29, 1.82) is 0 Å². The van der Waals surface area contributed by atoms with Gasteiger partial charge in [-0.3, -0.25) is 14.2 Å². The van der Waals surface area contributed by atoms with Crippen LogP contribution in [0.5, 0.6) is 0 Å². The SMILES string of the molecule is CCn1c(=O)[nH]c2c(C(=O)N3CC=C(c4ccccc4)CC3)snc2c1=O. The maximum absolute atomic E-state index is 12.9. The van der Waals surface area contributed by atoms with Crippen LogP contribution in [0, 0.1) is 0 Å². The number of hydrogen-bond donors (Lipinski definition) is 1. The van der Waals surface area contributed by atoms with E-state index in [0.29, 0.717) is 18.0 Å². The van der Waals surface area contributed by atoms with Crippen molar-refractivity contribution in [3.05, 3.63) is 67.7 Å². The Labute approximate surface area is 158 Å². The molecule has 0 radical (unpaired) electrons. The van der Waals surface area contributed by atoms with E-state index in [0.717, 1.165) is 28.1 Å². The van der Waals surface area contributed by atoms with Gasteiger partial charge in [-0.1, -0.05) is 36.4 Å². The Morgan fingerprint density at radius 2 is 2.04 bits per heavy atom. The van der Waals surface area contributed by atoms with Crippen molar-refractivity contribution in [2.75, 3.05) is 13.1 Å². The minimum Gasteiger partial charge on any atom is -0.334 e. The van der Waals surface area contributed by atoms with Crippen LogP contribution in [0.4, 0.5) is 0 Å². The zero-order valence-corrected chi connectivity index (χ0v) is 15.6. The van der Waals surface area contributed by atoms with Gasteiger partial charge in [-0.25, -0.2) is 4.79 Å². The third-order valence-corrected chi connectivity index (χ3v) is 5.60. The molecule has 1 aliphatic heterocycles. The molecule has 3 heterocycles. The molecule has 0 aliphatic carbocycles. The normalized spacial score (nSPS) is 14.4. The van der Waals surface area contributed by atoms with Crippen LogP contribution in [-0.2, 0) is 6.54 Å². The van der Waals surface area contributed by atoms with Gasteiger partial charge in [0, 0.05) is 19.6 Å². The summed E-state index contributed by atoms with van der Waals surface area (Å²) in [5.74, 6) is -0.213. The van der Waals surface area contributed by atoms with Gasteiger partial charge >= 0.3 is 5.69 Å². The Balaban J connectivity index is 1.64. The number of aromatic amines is 1. The Morgan fingerprint density at radius 1 is 1.26 bits per heavy atom. The molecule has 2 aromatic heterocycles. The van der Waals surface area contributed by atoms with Gasteiger partial charge in [0.25, 0.3) is 11.5 Å². The summed E-state index contributed by atoms with van der Waals surface area (Å²) in [4.78, 5) is 42.0. The predicted octanol–water partition coefficient (Wildman–Crippen LogP) is 2.10. The minimum absolute atomic E-state index is 0.141.